The van der Waals surface area contributed by atoms with E-state index in [1.165, 1.54) is 6.07 Å². The predicted molar refractivity (Wildman–Crippen MR) is 105 cm³/mol. The third kappa shape index (κ3) is 3.47. The van der Waals surface area contributed by atoms with Crippen molar-refractivity contribution in [2.45, 2.75) is 0 Å². The van der Waals surface area contributed by atoms with Gasteiger partial charge in [-0.1, -0.05) is 18.2 Å². The Balaban J connectivity index is 1.87. The molecule has 11 heteroatoms. The third-order valence-electron chi connectivity index (χ3n) is 4.53. The molecule has 0 aliphatic carbocycles. The van der Waals surface area contributed by atoms with E-state index in [-0.39, 0.29) is 17.2 Å². The zero-order chi connectivity index (χ0) is 21.1. The lowest BCUT2D eigenvalue weighted by atomic mass is 10.2. The maximum absolute atomic E-state index is 10.9. The van der Waals surface area contributed by atoms with Crippen molar-refractivity contribution >= 4 is 23.2 Å². The highest BCUT2D eigenvalue weighted by atomic mass is 16.6. The number of hydrogen-bond acceptors (Lipinski definition) is 9. The molecule has 3 heterocycles. The summed E-state index contributed by atoms with van der Waals surface area (Å²) in [6.07, 6.45) is 0. The number of furan rings is 1. The number of rotatable bonds is 5. The van der Waals surface area contributed by atoms with Crippen LogP contribution in [0.1, 0.15) is 11.6 Å². The smallest absolute Gasteiger partial charge is 0.433 e. The summed E-state index contributed by atoms with van der Waals surface area (Å²) >= 11 is 0. The first-order valence-electron chi connectivity index (χ1n) is 9.02. The number of nitriles is 1. The maximum atomic E-state index is 10.9. The van der Waals surface area contributed by atoms with Gasteiger partial charge in [0, 0.05) is 13.1 Å². The molecule has 1 aliphatic heterocycles. The molecule has 152 valence electrons. The average molecular weight is 408 g/mol. The van der Waals surface area contributed by atoms with Crippen LogP contribution in [-0.4, -0.2) is 51.1 Å². The Morgan fingerprint density at radius 3 is 2.53 bits per heavy atom. The fourth-order valence-corrected chi connectivity index (χ4v) is 3.11. The van der Waals surface area contributed by atoms with Crippen LogP contribution in [0, 0.1) is 21.4 Å². The summed E-state index contributed by atoms with van der Waals surface area (Å²) in [7, 11) is 0. The molecule has 0 unspecified atom stereocenters. The molecule has 3 aromatic rings. The van der Waals surface area contributed by atoms with Gasteiger partial charge in [-0.25, -0.2) is 0 Å². The lowest BCUT2D eigenvalue weighted by Gasteiger charge is -2.28. The number of aliphatic hydroxyl groups excluding tert-OH is 1. The molecule has 0 amide bonds. The zero-order valence-corrected chi connectivity index (χ0v) is 15.6. The number of benzene rings is 1. The molecule has 30 heavy (non-hydrogen) atoms. The van der Waals surface area contributed by atoms with Crippen LogP contribution < -0.4 is 4.90 Å². The lowest BCUT2D eigenvalue weighted by molar-refractivity contribution is -0.402. The van der Waals surface area contributed by atoms with Crippen molar-refractivity contribution in [2.24, 2.45) is 0 Å². The van der Waals surface area contributed by atoms with E-state index in [9.17, 15) is 20.5 Å². The minimum atomic E-state index is -0.730. The second-order valence-electron chi connectivity index (χ2n) is 6.32. The lowest BCUT2D eigenvalue weighted by Crippen LogP contribution is -2.38. The molecule has 0 bridgehead atoms. The Morgan fingerprint density at radius 2 is 1.90 bits per heavy atom. The Morgan fingerprint density at radius 1 is 1.17 bits per heavy atom. The molecule has 11 nitrogen and oxygen atoms in total. The molecular formula is C19H16N6O5. The van der Waals surface area contributed by atoms with Gasteiger partial charge in [-0.3, -0.25) is 14.7 Å². The van der Waals surface area contributed by atoms with Gasteiger partial charge in [0.05, 0.1) is 25.0 Å². The van der Waals surface area contributed by atoms with Gasteiger partial charge >= 0.3 is 5.88 Å². The molecule has 0 saturated carbocycles. The number of hydrogen-bond donors (Lipinski definition) is 1. The Kier molecular flexibility index (Phi) is 5.15. The number of allylic oxidation sites excluding steroid dienone is 1. The van der Waals surface area contributed by atoms with Gasteiger partial charge in [0.1, 0.15) is 16.6 Å². The van der Waals surface area contributed by atoms with E-state index in [0.717, 1.165) is 6.07 Å². The monoisotopic (exact) mass is 408 g/mol. The van der Waals surface area contributed by atoms with Gasteiger partial charge in [0.25, 0.3) is 0 Å². The highest BCUT2D eigenvalue weighted by molar-refractivity contribution is 5.91. The van der Waals surface area contributed by atoms with E-state index >= 15 is 0 Å². The quantitative estimate of drug-likeness (QED) is 0.291. The van der Waals surface area contributed by atoms with E-state index in [0.29, 0.717) is 37.9 Å². The molecule has 0 radical (unpaired) electrons. The number of para-hydroxylation sites is 1. The standard InChI is InChI=1S/C19H16N6O5/c20-12-14(17(26)15-6-7-16(30-15)25(27)28)18-21-22-19(23-8-10-29-11-9-23)24(18)13-4-2-1-3-5-13/h1-7,26H,8-11H2/b17-14-. The van der Waals surface area contributed by atoms with Gasteiger partial charge in [0.15, 0.2) is 17.3 Å². The van der Waals surface area contributed by atoms with Crippen LogP contribution in [0.2, 0.25) is 0 Å². The summed E-state index contributed by atoms with van der Waals surface area (Å²) in [6, 6.07) is 13.4. The molecule has 1 fully saturated rings. The fraction of sp³-hybridized carbons (Fsp3) is 0.211. The van der Waals surface area contributed by atoms with Crippen LogP contribution in [-0.2, 0) is 4.74 Å². The number of aliphatic hydroxyl groups is 1. The van der Waals surface area contributed by atoms with E-state index < -0.39 is 16.6 Å². The Labute approximate surface area is 170 Å². The van der Waals surface area contributed by atoms with E-state index in [2.05, 4.69) is 10.2 Å². The van der Waals surface area contributed by atoms with Crippen molar-refractivity contribution < 1.29 is 19.2 Å². The minimum absolute atomic E-state index is 0.0849. The number of morpholine rings is 1. The van der Waals surface area contributed by atoms with Crippen LogP contribution in [0.25, 0.3) is 17.0 Å². The molecule has 1 aliphatic rings. The largest absolute Gasteiger partial charge is 0.503 e. The number of nitro groups is 1. The van der Waals surface area contributed by atoms with Crippen LogP contribution in [0.4, 0.5) is 11.8 Å². The number of ether oxygens (including phenoxy) is 1. The normalized spacial score (nSPS) is 14.8. The topological polar surface area (TPSA) is 143 Å². The Bertz CT molecular complexity index is 1140. The summed E-state index contributed by atoms with van der Waals surface area (Å²) in [5.74, 6) is -0.753. The summed E-state index contributed by atoms with van der Waals surface area (Å²) in [5.41, 5.74) is 0.458. The fourth-order valence-electron chi connectivity index (χ4n) is 3.11. The number of aromatic nitrogens is 3. The second kappa shape index (κ2) is 8.06. The van der Waals surface area contributed by atoms with Crippen molar-refractivity contribution in [2.75, 3.05) is 31.2 Å². The van der Waals surface area contributed by atoms with Gasteiger partial charge in [-0.15, -0.1) is 10.2 Å². The molecule has 2 aromatic heterocycles. The van der Waals surface area contributed by atoms with Crippen LogP contribution in [0.3, 0.4) is 0 Å². The average Bonchev–Trinajstić information content (AvgIpc) is 3.44. The first kappa shape index (κ1) is 19.2. The van der Waals surface area contributed by atoms with E-state index in [1.54, 1.807) is 4.57 Å². The minimum Gasteiger partial charge on any atom is -0.503 e. The molecule has 1 saturated heterocycles. The van der Waals surface area contributed by atoms with Gasteiger partial charge in [0.2, 0.25) is 5.95 Å². The third-order valence-corrected chi connectivity index (χ3v) is 4.53. The van der Waals surface area contributed by atoms with E-state index in [4.69, 9.17) is 9.15 Å². The zero-order valence-electron chi connectivity index (χ0n) is 15.6. The first-order valence-corrected chi connectivity index (χ1v) is 9.02. The summed E-state index contributed by atoms with van der Waals surface area (Å²) < 4.78 is 12.1. The van der Waals surface area contributed by atoms with Crippen LogP contribution >= 0.6 is 0 Å². The maximum Gasteiger partial charge on any atom is 0.433 e. The van der Waals surface area contributed by atoms with Crippen molar-refractivity contribution in [3.8, 4) is 11.8 Å². The molecule has 1 N–H and O–H groups in total. The summed E-state index contributed by atoms with van der Waals surface area (Å²) in [4.78, 5) is 12.1. The van der Waals surface area contributed by atoms with Crippen molar-refractivity contribution in [3.05, 3.63) is 64.2 Å². The molecule has 0 spiro atoms. The summed E-state index contributed by atoms with van der Waals surface area (Å²) in [6.45, 7) is 2.23. The highest BCUT2D eigenvalue weighted by Crippen LogP contribution is 2.30. The van der Waals surface area contributed by atoms with Gasteiger partial charge in [-0.05, 0) is 18.2 Å². The number of anilines is 1. The highest BCUT2D eigenvalue weighted by Gasteiger charge is 2.27. The van der Waals surface area contributed by atoms with Crippen molar-refractivity contribution in [3.63, 3.8) is 0 Å². The molecule has 0 atom stereocenters. The second-order valence-corrected chi connectivity index (χ2v) is 6.32. The van der Waals surface area contributed by atoms with Crippen molar-refractivity contribution in [1.29, 1.82) is 5.26 Å². The van der Waals surface area contributed by atoms with Crippen LogP contribution in [0.5, 0.6) is 0 Å². The summed E-state index contributed by atoms with van der Waals surface area (Å²) in [5, 5.41) is 39.7. The number of nitrogens with zero attached hydrogens (tertiary/aromatic N) is 6. The molecule has 4 rings (SSSR count). The molecule has 1 aromatic carbocycles. The Hall–Kier alpha value is -4.17. The first-order chi connectivity index (χ1) is 14.6. The van der Waals surface area contributed by atoms with Gasteiger partial charge < -0.3 is 19.2 Å². The van der Waals surface area contributed by atoms with E-state index in [1.807, 2.05) is 41.3 Å². The van der Waals surface area contributed by atoms with Gasteiger partial charge in [-0.2, -0.15) is 5.26 Å². The van der Waals surface area contributed by atoms with Crippen molar-refractivity contribution in [1.82, 2.24) is 14.8 Å². The van der Waals surface area contributed by atoms with Crippen LogP contribution in [0.15, 0.2) is 46.9 Å². The SMILES string of the molecule is N#C/C(=C(/O)c1ccc([N+](=O)[O-])o1)c1nnc(N2CCOCC2)n1-c1ccccc1. The predicted octanol–water partition coefficient (Wildman–Crippen LogP) is 2.55. The molecular weight excluding hydrogens is 392 g/mol.